The van der Waals surface area contributed by atoms with Crippen molar-refractivity contribution in [1.82, 2.24) is 0 Å². The second-order valence-corrected chi connectivity index (χ2v) is 3.90. The minimum absolute atomic E-state index is 0.0730. The Morgan fingerprint density at radius 3 is 2.38 bits per heavy atom. The normalized spacial score (nSPS) is 46.4. The lowest BCUT2D eigenvalue weighted by atomic mass is 9.84. The van der Waals surface area contributed by atoms with Crippen LogP contribution in [-0.4, -0.2) is 30.7 Å². The maximum atomic E-state index is 9.84. The van der Waals surface area contributed by atoms with Gasteiger partial charge in [0.1, 0.15) is 0 Å². The van der Waals surface area contributed by atoms with E-state index in [2.05, 4.69) is 0 Å². The Bertz CT molecular complexity index is 140. The molecule has 5 atom stereocenters. The van der Waals surface area contributed by atoms with E-state index in [1.54, 1.807) is 7.11 Å². The Labute approximate surface area is 80.0 Å². The standard InChI is InChI=1S/C10H20O3/c1-5-8-9(11)6(2)7(3)10(12-4)13-8/h6-11H,5H2,1-4H3/t6?,7?,8?,9-,10-/m0/s1. The van der Waals surface area contributed by atoms with E-state index < -0.39 is 0 Å². The van der Waals surface area contributed by atoms with Crippen molar-refractivity contribution in [3.05, 3.63) is 0 Å². The average molecular weight is 188 g/mol. The van der Waals surface area contributed by atoms with Crippen molar-refractivity contribution < 1.29 is 14.6 Å². The highest BCUT2D eigenvalue weighted by atomic mass is 16.7. The maximum absolute atomic E-state index is 9.84. The zero-order chi connectivity index (χ0) is 10.0. The topological polar surface area (TPSA) is 38.7 Å². The third-order valence-corrected chi connectivity index (χ3v) is 3.12. The second-order valence-electron chi connectivity index (χ2n) is 3.90. The molecule has 78 valence electrons. The molecule has 3 unspecified atom stereocenters. The number of methoxy groups -OCH3 is 1. The van der Waals surface area contributed by atoms with Crippen LogP contribution in [0.3, 0.4) is 0 Å². The molecule has 0 aromatic heterocycles. The third kappa shape index (κ3) is 2.03. The van der Waals surface area contributed by atoms with E-state index in [1.807, 2.05) is 20.8 Å². The van der Waals surface area contributed by atoms with Crippen LogP contribution < -0.4 is 0 Å². The molecule has 1 fully saturated rings. The summed E-state index contributed by atoms with van der Waals surface area (Å²) in [6, 6.07) is 0. The first-order valence-corrected chi connectivity index (χ1v) is 4.98. The van der Waals surface area contributed by atoms with E-state index in [4.69, 9.17) is 9.47 Å². The number of hydrogen-bond donors (Lipinski definition) is 1. The number of rotatable bonds is 2. The number of aliphatic hydroxyl groups excluding tert-OH is 1. The second kappa shape index (κ2) is 4.40. The summed E-state index contributed by atoms with van der Waals surface area (Å²) in [4.78, 5) is 0. The molecule has 0 aromatic rings. The van der Waals surface area contributed by atoms with Gasteiger partial charge in [-0.05, 0) is 12.3 Å². The number of aliphatic hydroxyl groups is 1. The average Bonchev–Trinajstić information content (AvgIpc) is 2.15. The fourth-order valence-electron chi connectivity index (χ4n) is 1.88. The van der Waals surface area contributed by atoms with Crippen molar-refractivity contribution in [2.45, 2.75) is 45.7 Å². The zero-order valence-electron chi connectivity index (χ0n) is 8.86. The van der Waals surface area contributed by atoms with E-state index in [1.165, 1.54) is 0 Å². The van der Waals surface area contributed by atoms with E-state index in [0.29, 0.717) is 0 Å². The lowest BCUT2D eigenvalue weighted by molar-refractivity contribution is -0.254. The van der Waals surface area contributed by atoms with Crippen LogP contribution in [-0.2, 0) is 9.47 Å². The fourth-order valence-corrected chi connectivity index (χ4v) is 1.88. The first kappa shape index (κ1) is 11.0. The Balaban J connectivity index is 2.66. The monoisotopic (exact) mass is 188 g/mol. The van der Waals surface area contributed by atoms with E-state index in [-0.39, 0.29) is 30.3 Å². The molecule has 1 aliphatic heterocycles. The van der Waals surface area contributed by atoms with Crippen molar-refractivity contribution in [1.29, 1.82) is 0 Å². The summed E-state index contributed by atoms with van der Waals surface area (Å²) in [6.07, 6.45) is 0.240. The molecule has 3 nitrogen and oxygen atoms in total. The Kier molecular flexibility index (Phi) is 3.71. The van der Waals surface area contributed by atoms with Crippen LogP contribution in [0.25, 0.3) is 0 Å². The van der Waals surface area contributed by atoms with Gasteiger partial charge >= 0.3 is 0 Å². The van der Waals surface area contributed by atoms with Gasteiger partial charge in [0, 0.05) is 13.0 Å². The van der Waals surface area contributed by atoms with Crippen LogP contribution in [0.5, 0.6) is 0 Å². The summed E-state index contributed by atoms with van der Waals surface area (Å²) in [5.41, 5.74) is 0. The van der Waals surface area contributed by atoms with Gasteiger partial charge in [-0.15, -0.1) is 0 Å². The van der Waals surface area contributed by atoms with Gasteiger partial charge in [-0.1, -0.05) is 20.8 Å². The Hall–Kier alpha value is -0.120. The smallest absolute Gasteiger partial charge is 0.160 e. The van der Waals surface area contributed by atoms with Gasteiger partial charge in [-0.2, -0.15) is 0 Å². The zero-order valence-corrected chi connectivity index (χ0v) is 8.86. The van der Waals surface area contributed by atoms with Gasteiger partial charge < -0.3 is 14.6 Å². The minimum atomic E-state index is -0.355. The van der Waals surface area contributed by atoms with Crippen molar-refractivity contribution in [3.63, 3.8) is 0 Å². The SMILES string of the molecule is CCC1O[C@H](OC)C(C)C(C)[C@@H]1O. The lowest BCUT2D eigenvalue weighted by Crippen LogP contribution is -2.49. The van der Waals surface area contributed by atoms with Gasteiger partial charge in [-0.25, -0.2) is 0 Å². The maximum Gasteiger partial charge on any atom is 0.160 e. The van der Waals surface area contributed by atoms with Crippen LogP contribution in [0.15, 0.2) is 0 Å². The summed E-state index contributed by atoms with van der Waals surface area (Å²) in [6.45, 7) is 6.11. The molecule has 0 aromatic carbocycles. The van der Waals surface area contributed by atoms with Crippen molar-refractivity contribution in [2.75, 3.05) is 7.11 Å². The van der Waals surface area contributed by atoms with Crippen molar-refractivity contribution in [2.24, 2.45) is 11.8 Å². The lowest BCUT2D eigenvalue weighted by Gasteiger charge is -2.41. The first-order chi connectivity index (χ1) is 6.11. The highest BCUT2D eigenvalue weighted by Crippen LogP contribution is 2.31. The molecule has 3 heteroatoms. The fraction of sp³-hybridized carbons (Fsp3) is 1.00. The number of ether oxygens (including phenoxy) is 2. The molecular weight excluding hydrogens is 168 g/mol. The molecule has 0 bridgehead atoms. The minimum Gasteiger partial charge on any atom is -0.390 e. The molecular formula is C10H20O3. The summed E-state index contributed by atoms with van der Waals surface area (Å²) in [5.74, 6) is 0.492. The molecule has 0 amide bonds. The van der Waals surface area contributed by atoms with Crippen LogP contribution >= 0.6 is 0 Å². The van der Waals surface area contributed by atoms with Crippen LogP contribution in [0.4, 0.5) is 0 Å². The summed E-state index contributed by atoms with van der Waals surface area (Å²) in [5, 5.41) is 9.84. The molecule has 13 heavy (non-hydrogen) atoms. The molecule has 1 aliphatic rings. The Morgan fingerprint density at radius 2 is 1.92 bits per heavy atom. The van der Waals surface area contributed by atoms with Crippen molar-refractivity contribution in [3.8, 4) is 0 Å². The highest BCUT2D eigenvalue weighted by Gasteiger charge is 2.39. The Morgan fingerprint density at radius 1 is 1.31 bits per heavy atom. The molecule has 1 rings (SSSR count). The summed E-state index contributed by atoms with van der Waals surface area (Å²) in [7, 11) is 1.65. The predicted octanol–water partition coefficient (Wildman–Crippen LogP) is 1.40. The van der Waals surface area contributed by atoms with Crippen molar-refractivity contribution >= 4 is 0 Å². The van der Waals surface area contributed by atoms with Gasteiger partial charge in [0.15, 0.2) is 6.29 Å². The predicted molar refractivity (Wildman–Crippen MR) is 50.3 cm³/mol. The summed E-state index contributed by atoms with van der Waals surface area (Å²) < 4.78 is 10.8. The molecule has 1 saturated heterocycles. The number of hydrogen-bond acceptors (Lipinski definition) is 3. The van der Waals surface area contributed by atoms with Gasteiger partial charge in [-0.3, -0.25) is 0 Å². The molecule has 0 radical (unpaired) electrons. The largest absolute Gasteiger partial charge is 0.390 e. The van der Waals surface area contributed by atoms with Gasteiger partial charge in [0.25, 0.3) is 0 Å². The summed E-state index contributed by atoms with van der Waals surface area (Å²) >= 11 is 0. The molecule has 0 spiro atoms. The van der Waals surface area contributed by atoms with E-state index in [0.717, 1.165) is 6.42 Å². The van der Waals surface area contributed by atoms with Crippen LogP contribution in [0, 0.1) is 11.8 Å². The quantitative estimate of drug-likeness (QED) is 0.712. The van der Waals surface area contributed by atoms with Gasteiger partial charge in [0.2, 0.25) is 0 Å². The highest BCUT2D eigenvalue weighted by molar-refractivity contribution is 4.83. The van der Waals surface area contributed by atoms with Crippen LogP contribution in [0.2, 0.25) is 0 Å². The molecule has 0 saturated carbocycles. The van der Waals surface area contributed by atoms with Gasteiger partial charge in [0.05, 0.1) is 12.2 Å². The molecule has 0 aliphatic carbocycles. The first-order valence-electron chi connectivity index (χ1n) is 4.98. The molecule has 1 heterocycles. The van der Waals surface area contributed by atoms with E-state index >= 15 is 0 Å². The van der Waals surface area contributed by atoms with Crippen LogP contribution in [0.1, 0.15) is 27.2 Å². The molecule has 1 N–H and O–H groups in total. The third-order valence-electron chi connectivity index (χ3n) is 3.12. The van der Waals surface area contributed by atoms with E-state index in [9.17, 15) is 5.11 Å².